The van der Waals surface area contributed by atoms with E-state index in [0.29, 0.717) is 6.10 Å². The summed E-state index contributed by atoms with van der Waals surface area (Å²) in [6, 6.07) is 6.59. The van der Waals surface area contributed by atoms with Gasteiger partial charge >= 0.3 is 0 Å². The summed E-state index contributed by atoms with van der Waals surface area (Å²) in [7, 11) is 0. The van der Waals surface area contributed by atoms with E-state index in [2.05, 4.69) is 37.4 Å². The van der Waals surface area contributed by atoms with Crippen molar-refractivity contribution in [1.29, 1.82) is 0 Å². The predicted octanol–water partition coefficient (Wildman–Crippen LogP) is 3.13. The molecule has 1 aromatic carbocycles. The van der Waals surface area contributed by atoms with Gasteiger partial charge in [0.15, 0.2) is 0 Å². The Kier molecular flexibility index (Phi) is 2.62. The normalized spacial score (nSPS) is 28.4. The third-order valence-corrected chi connectivity index (χ3v) is 3.92. The van der Waals surface area contributed by atoms with Crippen LogP contribution in [0.15, 0.2) is 18.2 Å². The van der Waals surface area contributed by atoms with E-state index >= 15 is 0 Å². The predicted molar refractivity (Wildman–Crippen MR) is 69.4 cm³/mol. The quantitative estimate of drug-likeness (QED) is 0.863. The van der Waals surface area contributed by atoms with Gasteiger partial charge < -0.3 is 10.1 Å². The van der Waals surface area contributed by atoms with Gasteiger partial charge in [-0.05, 0) is 52.1 Å². The van der Waals surface area contributed by atoms with E-state index in [1.54, 1.807) is 0 Å². The van der Waals surface area contributed by atoms with Gasteiger partial charge in [0.2, 0.25) is 0 Å². The first-order valence-corrected chi connectivity index (χ1v) is 6.70. The minimum absolute atomic E-state index is 0.107. The van der Waals surface area contributed by atoms with Crippen LogP contribution in [0.1, 0.15) is 43.7 Å². The summed E-state index contributed by atoms with van der Waals surface area (Å²) < 4.78 is 6.05. The molecule has 1 atom stereocenters. The van der Waals surface area contributed by atoms with Gasteiger partial charge in [-0.1, -0.05) is 17.7 Å². The molecule has 1 aliphatic heterocycles. The molecule has 1 unspecified atom stereocenters. The molecule has 1 aromatic rings. The van der Waals surface area contributed by atoms with E-state index in [0.717, 1.165) is 12.3 Å². The lowest BCUT2D eigenvalue weighted by Crippen LogP contribution is -2.33. The highest BCUT2D eigenvalue weighted by Gasteiger charge is 2.34. The van der Waals surface area contributed by atoms with Gasteiger partial charge in [0.25, 0.3) is 0 Å². The van der Waals surface area contributed by atoms with Crippen LogP contribution < -0.4 is 10.1 Å². The SMILES string of the molecule is Cc1ccc(OC2CC2)c(C2(C)CCCN2)c1. The Hall–Kier alpha value is -1.02. The molecule has 0 spiro atoms. The zero-order valence-corrected chi connectivity index (χ0v) is 10.8. The Morgan fingerprint density at radius 3 is 2.82 bits per heavy atom. The summed E-state index contributed by atoms with van der Waals surface area (Å²) in [5, 5.41) is 3.63. The van der Waals surface area contributed by atoms with Crippen molar-refractivity contribution in [1.82, 2.24) is 5.32 Å². The minimum atomic E-state index is 0.107. The molecule has 0 amide bonds. The van der Waals surface area contributed by atoms with Crippen LogP contribution in [0.4, 0.5) is 0 Å². The Balaban J connectivity index is 1.96. The van der Waals surface area contributed by atoms with Gasteiger partial charge in [-0.2, -0.15) is 0 Å². The lowest BCUT2D eigenvalue weighted by Gasteiger charge is -2.28. The molecule has 1 aliphatic carbocycles. The second-order valence-electron chi connectivity index (χ2n) is 5.68. The van der Waals surface area contributed by atoms with E-state index in [1.165, 1.54) is 36.8 Å². The summed E-state index contributed by atoms with van der Waals surface area (Å²) >= 11 is 0. The Labute approximate surface area is 103 Å². The zero-order chi connectivity index (χ0) is 11.9. The van der Waals surface area contributed by atoms with Crippen LogP contribution in [0, 0.1) is 6.92 Å². The van der Waals surface area contributed by atoms with Crippen molar-refractivity contribution in [3.63, 3.8) is 0 Å². The van der Waals surface area contributed by atoms with Gasteiger partial charge in [0.05, 0.1) is 6.10 Å². The van der Waals surface area contributed by atoms with Crippen LogP contribution in [0.5, 0.6) is 5.75 Å². The molecular weight excluding hydrogens is 210 g/mol. The van der Waals surface area contributed by atoms with Crippen molar-refractivity contribution in [3.05, 3.63) is 29.3 Å². The molecule has 2 fully saturated rings. The summed E-state index contributed by atoms with van der Waals surface area (Å²) in [4.78, 5) is 0. The lowest BCUT2D eigenvalue weighted by molar-refractivity contribution is 0.288. The number of hydrogen-bond acceptors (Lipinski definition) is 2. The molecule has 2 aliphatic rings. The summed E-state index contributed by atoms with van der Waals surface area (Å²) in [5.74, 6) is 1.09. The third-order valence-electron chi connectivity index (χ3n) is 3.92. The van der Waals surface area contributed by atoms with Crippen LogP contribution >= 0.6 is 0 Å². The van der Waals surface area contributed by atoms with E-state index in [-0.39, 0.29) is 5.54 Å². The fraction of sp³-hybridized carbons (Fsp3) is 0.600. The fourth-order valence-corrected chi connectivity index (χ4v) is 2.67. The van der Waals surface area contributed by atoms with Crippen molar-refractivity contribution in [2.75, 3.05) is 6.54 Å². The Morgan fingerprint density at radius 2 is 2.18 bits per heavy atom. The van der Waals surface area contributed by atoms with Crippen molar-refractivity contribution in [2.45, 2.75) is 51.2 Å². The van der Waals surface area contributed by atoms with Crippen molar-refractivity contribution < 1.29 is 4.74 Å². The molecule has 2 heteroatoms. The first-order valence-electron chi connectivity index (χ1n) is 6.70. The number of rotatable bonds is 3. The van der Waals surface area contributed by atoms with Gasteiger partial charge in [-0.3, -0.25) is 0 Å². The number of hydrogen-bond donors (Lipinski definition) is 1. The Morgan fingerprint density at radius 1 is 1.35 bits per heavy atom. The molecule has 1 saturated heterocycles. The monoisotopic (exact) mass is 231 g/mol. The maximum absolute atomic E-state index is 6.05. The molecule has 0 aromatic heterocycles. The average Bonchev–Trinajstić information content (AvgIpc) is 3.01. The van der Waals surface area contributed by atoms with Gasteiger partial charge in [0, 0.05) is 11.1 Å². The highest BCUT2D eigenvalue weighted by molar-refractivity contribution is 5.42. The lowest BCUT2D eigenvalue weighted by atomic mass is 9.89. The molecule has 2 nitrogen and oxygen atoms in total. The molecule has 17 heavy (non-hydrogen) atoms. The standard InChI is InChI=1S/C15H21NO/c1-11-4-7-14(17-12-5-6-12)13(10-11)15(2)8-3-9-16-15/h4,7,10,12,16H,3,5-6,8-9H2,1-2H3. The topological polar surface area (TPSA) is 21.3 Å². The highest BCUT2D eigenvalue weighted by Crippen LogP contribution is 2.39. The highest BCUT2D eigenvalue weighted by atomic mass is 16.5. The van der Waals surface area contributed by atoms with Gasteiger partial charge in [0.1, 0.15) is 5.75 Å². The van der Waals surface area contributed by atoms with E-state index in [1.807, 2.05) is 0 Å². The first-order chi connectivity index (χ1) is 8.17. The first kappa shape index (κ1) is 11.1. The smallest absolute Gasteiger partial charge is 0.124 e. The minimum Gasteiger partial charge on any atom is -0.490 e. The zero-order valence-electron chi connectivity index (χ0n) is 10.8. The molecule has 1 saturated carbocycles. The average molecular weight is 231 g/mol. The van der Waals surface area contributed by atoms with Gasteiger partial charge in [-0.25, -0.2) is 0 Å². The summed E-state index contributed by atoms with van der Waals surface area (Å²) in [5.41, 5.74) is 2.77. The van der Waals surface area contributed by atoms with Crippen LogP contribution in [0.3, 0.4) is 0 Å². The molecule has 3 rings (SSSR count). The maximum Gasteiger partial charge on any atom is 0.124 e. The number of benzene rings is 1. The van der Waals surface area contributed by atoms with Crippen LogP contribution in [-0.2, 0) is 5.54 Å². The second kappa shape index (κ2) is 4.02. The largest absolute Gasteiger partial charge is 0.490 e. The van der Waals surface area contributed by atoms with E-state index in [9.17, 15) is 0 Å². The molecule has 92 valence electrons. The Bertz CT molecular complexity index is 417. The summed E-state index contributed by atoms with van der Waals surface area (Å²) in [6.07, 6.45) is 5.38. The molecular formula is C15H21NO. The number of nitrogens with one attached hydrogen (secondary N) is 1. The van der Waals surface area contributed by atoms with Gasteiger partial charge in [-0.15, -0.1) is 0 Å². The van der Waals surface area contributed by atoms with E-state index < -0.39 is 0 Å². The van der Waals surface area contributed by atoms with E-state index in [4.69, 9.17) is 4.74 Å². The van der Waals surface area contributed by atoms with Crippen LogP contribution in [0.25, 0.3) is 0 Å². The number of aryl methyl sites for hydroxylation is 1. The van der Waals surface area contributed by atoms with Crippen molar-refractivity contribution in [3.8, 4) is 5.75 Å². The van der Waals surface area contributed by atoms with Crippen LogP contribution in [0.2, 0.25) is 0 Å². The fourth-order valence-electron chi connectivity index (χ4n) is 2.67. The molecule has 1 N–H and O–H groups in total. The molecule has 0 bridgehead atoms. The molecule has 0 radical (unpaired) electrons. The number of ether oxygens (including phenoxy) is 1. The van der Waals surface area contributed by atoms with Crippen LogP contribution in [-0.4, -0.2) is 12.6 Å². The third kappa shape index (κ3) is 2.19. The van der Waals surface area contributed by atoms with Crippen molar-refractivity contribution >= 4 is 0 Å². The van der Waals surface area contributed by atoms with Crippen molar-refractivity contribution in [2.24, 2.45) is 0 Å². The molecule has 1 heterocycles. The second-order valence-corrected chi connectivity index (χ2v) is 5.68. The summed E-state index contributed by atoms with van der Waals surface area (Å²) in [6.45, 7) is 5.57. The maximum atomic E-state index is 6.05.